The Balaban J connectivity index is 1.95. The predicted molar refractivity (Wildman–Crippen MR) is 75.2 cm³/mol. The van der Waals surface area contributed by atoms with Crippen LogP contribution in [0, 0.1) is 0 Å². The monoisotopic (exact) mass is 260 g/mol. The molecule has 0 amide bonds. The molecule has 1 unspecified atom stereocenters. The first-order valence-corrected chi connectivity index (χ1v) is 6.72. The second-order valence-electron chi connectivity index (χ2n) is 4.96. The minimum atomic E-state index is -0.171. The summed E-state index contributed by atoms with van der Waals surface area (Å²) in [6.07, 6.45) is 1.71. The molecule has 3 rings (SSSR count). The molecule has 2 N–H and O–H groups in total. The third-order valence-corrected chi connectivity index (χ3v) is 3.91. The fourth-order valence-corrected chi connectivity index (χ4v) is 2.94. The number of fused-ring (bicyclic) bond motifs is 3. The highest BCUT2D eigenvalue weighted by molar-refractivity contribution is 5.85. The highest BCUT2D eigenvalue weighted by Gasteiger charge is 2.26. The standard InChI is InChI=1S/C15H20N2O2/c1-18-14(19-2)9-13-15-11(7-8-16-13)10-5-3-4-6-12(10)17-15/h3-6,13-14,16-17H,7-9H2,1-2H3. The number of hydrogen-bond acceptors (Lipinski definition) is 3. The molecule has 19 heavy (non-hydrogen) atoms. The smallest absolute Gasteiger partial charge is 0.158 e. The molecule has 4 heteroatoms. The lowest BCUT2D eigenvalue weighted by Crippen LogP contribution is -2.33. The van der Waals surface area contributed by atoms with Crippen LogP contribution in [0.3, 0.4) is 0 Å². The minimum absolute atomic E-state index is 0.171. The Morgan fingerprint density at radius 3 is 2.84 bits per heavy atom. The van der Waals surface area contributed by atoms with Crippen molar-refractivity contribution in [3.8, 4) is 0 Å². The molecule has 1 aromatic carbocycles. The second-order valence-corrected chi connectivity index (χ2v) is 4.96. The lowest BCUT2D eigenvalue weighted by molar-refractivity contribution is -0.111. The van der Waals surface area contributed by atoms with Gasteiger partial charge in [0.25, 0.3) is 0 Å². The maximum Gasteiger partial charge on any atom is 0.158 e. The van der Waals surface area contributed by atoms with Crippen molar-refractivity contribution in [2.45, 2.75) is 25.2 Å². The van der Waals surface area contributed by atoms with E-state index in [1.807, 2.05) is 0 Å². The van der Waals surface area contributed by atoms with E-state index >= 15 is 0 Å². The van der Waals surface area contributed by atoms with Gasteiger partial charge in [0.05, 0.1) is 6.04 Å². The molecule has 4 nitrogen and oxygen atoms in total. The van der Waals surface area contributed by atoms with Crippen LogP contribution in [0.5, 0.6) is 0 Å². The average molecular weight is 260 g/mol. The van der Waals surface area contributed by atoms with Gasteiger partial charge in [-0.1, -0.05) is 18.2 Å². The van der Waals surface area contributed by atoms with Crippen LogP contribution >= 0.6 is 0 Å². The van der Waals surface area contributed by atoms with E-state index in [-0.39, 0.29) is 12.3 Å². The van der Waals surface area contributed by atoms with Crippen molar-refractivity contribution >= 4 is 10.9 Å². The van der Waals surface area contributed by atoms with E-state index in [0.717, 1.165) is 19.4 Å². The first-order valence-electron chi connectivity index (χ1n) is 6.72. The van der Waals surface area contributed by atoms with Gasteiger partial charge in [0, 0.05) is 37.2 Å². The van der Waals surface area contributed by atoms with Crippen molar-refractivity contribution in [3.63, 3.8) is 0 Å². The van der Waals surface area contributed by atoms with Gasteiger partial charge < -0.3 is 19.8 Å². The summed E-state index contributed by atoms with van der Waals surface area (Å²) >= 11 is 0. The third kappa shape index (κ3) is 2.27. The first kappa shape index (κ1) is 12.7. The van der Waals surface area contributed by atoms with Crippen molar-refractivity contribution < 1.29 is 9.47 Å². The quantitative estimate of drug-likeness (QED) is 0.830. The van der Waals surface area contributed by atoms with Crippen LogP contribution in [0.1, 0.15) is 23.7 Å². The van der Waals surface area contributed by atoms with Crippen molar-refractivity contribution in [1.29, 1.82) is 0 Å². The maximum atomic E-state index is 5.32. The van der Waals surface area contributed by atoms with Crippen molar-refractivity contribution in [2.75, 3.05) is 20.8 Å². The number of H-pyrrole nitrogens is 1. The topological polar surface area (TPSA) is 46.3 Å². The molecule has 2 heterocycles. The lowest BCUT2D eigenvalue weighted by atomic mass is 9.97. The Morgan fingerprint density at radius 1 is 1.26 bits per heavy atom. The van der Waals surface area contributed by atoms with Crippen LogP contribution in [-0.4, -0.2) is 32.0 Å². The van der Waals surface area contributed by atoms with E-state index in [1.165, 1.54) is 22.2 Å². The average Bonchev–Trinajstić information content (AvgIpc) is 2.84. The molecule has 0 fully saturated rings. The predicted octanol–water partition coefficient (Wildman–Crippen LogP) is 2.36. The van der Waals surface area contributed by atoms with Gasteiger partial charge >= 0.3 is 0 Å². The number of hydrogen-bond donors (Lipinski definition) is 2. The molecule has 0 spiro atoms. The number of aromatic nitrogens is 1. The summed E-state index contributed by atoms with van der Waals surface area (Å²) in [6.45, 7) is 1.000. The van der Waals surface area contributed by atoms with Crippen LogP contribution in [0.15, 0.2) is 24.3 Å². The Kier molecular flexibility index (Phi) is 3.55. The zero-order valence-corrected chi connectivity index (χ0v) is 11.4. The SMILES string of the molecule is COC(CC1NCCc2c1[nH]c1ccccc21)OC. The first-order chi connectivity index (χ1) is 9.33. The van der Waals surface area contributed by atoms with Gasteiger partial charge in [0.1, 0.15) is 0 Å². The highest BCUT2D eigenvalue weighted by atomic mass is 16.7. The Hall–Kier alpha value is -1.36. The van der Waals surface area contributed by atoms with Gasteiger partial charge in [0.2, 0.25) is 0 Å². The summed E-state index contributed by atoms with van der Waals surface area (Å²) in [5.74, 6) is 0. The van der Waals surface area contributed by atoms with Gasteiger partial charge in [-0.05, 0) is 24.6 Å². The third-order valence-electron chi connectivity index (χ3n) is 3.91. The summed E-state index contributed by atoms with van der Waals surface area (Å²) in [6, 6.07) is 8.76. The minimum Gasteiger partial charge on any atom is -0.357 e. The molecule has 1 aliphatic heterocycles. The zero-order valence-electron chi connectivity index (χ0n) is 11.4. The molecule has 0 bridgehead atoms. The molecule has 1 aliphatic rings. The van der Waals surface area contributed by atoms with E-state index in [2.05, 4.69) is 34.6 Å². The summed E-state index contributed by atoms with van der Waals surface area (Å²) in [5, 5.41) is 4.89. The molecular weight excluding hydrogens is 240 g/mol. The number of ether oxygens (including phenoxy) is 2. The van der Waals surface area contributed by atoms with Crippen LogP contribution in [0.4, 0.5) is 0 Å². The molecular formula is C15H20N2O2. The van der Waals surface area contributed by atoms with E-state index in [4.69, 9.17) is 9.47 Å². The lowest BCUT2D eigenvalue weighted by Gasteiger charge is -2.27. The normalized spacial score (nSPS) is 19.0. The van der Waals surface area contributed by atoms with Gasteiger partial charge in [0.15, 0.2) is 6.29 Å². The molecule has 102 valence electrons. The maximum absolute atomic E-state index is 5.32. The van der Waals surface area contributed by atoms with Crippen molar-refractivity contribution in [1.82, 2.24) is 10.3 Å². The van der Waals surface area contributed by atoms with Gasteiger partial charge in [-0.2, -0.15) is 0 Å². The van der Waals surface area contributed by atoms with Crippen molar-refractivity contribution in [3.05, 3.63) is 35.5 Å². The summed E-state index contributed by atoms with van der Waals surface area (Å²) in [4.78, 5) is 3.55. The van der Waals surface area contributed by atoms with Gasteiger partial charge in [-0.25, -0.2) is 0 Å². The largest absolute Gasteiger partial charge is 0.357 e. The van der Waals surface area contributed by atoms with Gasteiger partial charge in [-0.3, -0.25) is 0 Å². The fraction of sp³-hybridized carbons (Fsp3) is 0.467. The van der Waals surface area contributed by atoms with E-state index in [0.29, 0.717) is 0 Å². The summed E-state index contributed by atoms with van der Waals surface area (Å²) < 4.78 is 10.6. The van der Waals surface area contributed by atoms with Crippen LogP contribution in [0.25, 0.3) is 10.9 Å². The highest BCUT2D eigenvalue weighted by Crippen LogP contribution is 2.32. The number of methoxy groups -OCH3 is 2. The molecule has 1 atom stereocenters. The Labute approximate surface area is 113 Å². The van der Waals surface area contributed by atoms with Crippen molar-refractivity contribution in [2.24, 2.45) is 0 Å². The molecule has 1 aromatic heterocycles. The number of aromatic amines is 1. The zero-order chi connectivity index (χ0) is 13.2. The summed E-state index contributed by atoms with van der Waals surface area (Å²) in [5.41, 5.74) is 3.93. The molecule has 0 saturated heterocycles. The number of benzene rings is 1. The fourth-order valence-electron chi connectivity index (χ4n) is 2.94. The summed E-state index contributed by atoms with van der Waals surface area (Å²) in [7, 11) is 3.37. The second kappa shape index (κ2) is 5.33. The Morgan fingerprint density at radius 2 is 2.05 bits per heavy atom. The van der Waals surface area contributed by atoms with Crippen LogP contribution in [-0.2, 0) is 15.9 Å². The number of para-hydroxylation sites is 1. The molecule has 2 aromatic rings. The van der Waals surface area contributed by atoms with E-state index in [1.54, 1.807) is 14.2 Å². The number of nitrogens with one attached hydrogen (secondary N) is 2. The van der Waals surface area contributed by atoms with Crippen LogP contribution < -0.4 is 5.32 Å². The molecule has 0 saturated carbocycles. The molecule has 0 aliphatic carbocycles. The molecule has 0 radical (unpaired) electrons. The number of rotatable bonds is 4. The van der Waals surface area contributed by atoms with E-state index in [9.17, 15) is 0 Å². The van der Waals surface area contributed by atoms with Gasteiger partial charge in [-0.15, -0.1) is 0 Å². The van der Waals surface area contributed by atoms with Crippen LogP contribution in [0.2, 0.25) is 0 Å². The Bertz CT molecular complexity index is 560. The van der Waals surface area contributed by atoms with E-state index < -0.39 is 0 Å².